The fraction of sp³-hybridized carbons (Fsp3) is 0.842. The summed E-state index contributed by atoms with van der Waals surface area (Å²) in [5, 5.41) is 10.0. The molecule has 0 aliphatic heterocycles. The van der Waals surface area contributed by atoms with E-state index in [-0.39, 0.29) is 20.9 Å². The number of carbonyl (C=O) groups is 1. The van der Waals surface area contributed by atoms with E-state index in [0.717, 1.165) is 44.4 Å². The number of carbonyl (C=O) groups excluding carboxylic acids is 1. The predicted octanol–water partition coefficient (Wildman–Crippen LogP) is 4.29. The van der Waals surface area contributed by atoms with Crippen molar-refractivity contribution in [3.8, 4) is 0 Å². The standard InChI is InChI=1S/C19H27IO2/c1-18-7-5-12(21)9-11(18)3-4-13-14(18)6-8-19(2)15(13)10-16(20)17(19)22/h3,12-16,21H,4-10H2,1-2H3/t12-,13+,14-,15-,16+,18-,19-/m0/s1. The number of halogens is 1. The molecule has 2 nitrogen and oxygen atoms in total. The molecular formula is C19H27IO2. The number of allylic oxidation sites excluding steroid dienone is 1. The first-order valence-electron chi connectivity index (χ1n) is 8.92. The molecule has 0 aromatic rings. The van der Waals surface area contributed by atoms with Gasteiger partial charge in [-0.1, -0.05) is 48.1 Å². The number of alkyl halides is 1. The maximum atomic E-state index is 12.7. The van der Waals surface area contributed by atoms with Gasteiger partial charge in [0, 0.05) is 5.41 Å². The number of Topliss-reactive ketones (excluding diaryl/α,β-unsaturated/α-hetero) is 1. The third-order valence-corrected chi connectivity index (χ3v) is 8.85. The number of ketones is 1. The zero-order valence-corrected chi connectivity index (χ0v) is 15.8. The molecule has 0 heterocycles. The van der Waals surface area contributed by atoms with Crippen LogP contribution in [0.5, 0.6) is 0 Å². The van der Waals surface area contributed by atoms with Gasteiger partial charge in [0.15, 0.2) is 5.78 Å². The fourth-order valence-electron chi connectivity index (χ4n) is 6.39. The van der Waals surface area contributed by atoms with Gasteiger partial charge in [-0.15, -0.1) is 0 Å². The molecule has 0 bridgehead atoms. The molecule has 0 aromatic carbocycles. The minimum Gasteiger partial charge on any atom is -0.393 e. The molecule has 0 saturated heterocycles. The Hall–Kier alpha value is 0.1000. The highest BCUT2D eigenvalue weighted by atomic mass is 127. The van der Waals surface area contributed by atoms with Crippen molar-refractivity contribution in [2.45, 2.75) is 68.8 Å². The van der Waals surface area contributed by atoms with Crippen LogP contribution >= 0.6 is 22.6 Å². The van der Waals surface area contributed by atoms with Crippen LogP contribution in [0.1, 0.15) is 58.8 Å². The van der Waals surface area contributed by atoms with Crippen molar-refractivity contribution in [2.24, 2.45) is 28.6 Å². The Balaban J connectivity index is 1.70. The van der Waals surface area contributed by atoms with E-state index in [1.807, 2.05) is 0 Å². The molecule has 0 aromatic heterocycles. The Kier molecular flexibility index (Phi) is 3.58. The van der Waals surface area contributed by atoms with Gasteiger partial charge in [0.05, 0.1) is 10.0 Å². The average Bonchev–Trinajstić information content (AvgIpc) is 2.72. The highest BCUT2D eigenvalue weighted by Crippen LogP contribution is 2.64. The summed E-state index contributed by atoms with van der Waals surface area (Å²) in [6, 6.07) is 0. The molecule has 3 heteroatoms. The molecule has 4 aliphatic carbocycles. The third-order valence-electron chi connectivity index (χ3n) is 7.78. The highest BCUT2D eigenvalue weighted by Gasteiger charge is 2.60. The van der Waals surface area contributed by atoms with E-state index >= 15 is 0 Å². The summed E-state index contributed by atoms with van der Waals surface area (Å²) in [7, 11) is 0. The number of aliphatic hydroxyl groups is 1. The van der Waals surface area contributed by atoms with Crippen molar-refractivity contribution < 1.29 is 9.90 Å². The van der Waals surface area contributed by atoms with E-state index in [1.54, 1.807) is 0 Å². The van der Waals surface area contributed by atoms with Crippen LogP contribution in [0.3, 0.4) is 0 Å². The second kappa shape index (κ2) is 5.05. The maximum Gasteiger partial charge on any atom is 0.151 e. The van der Waals surface area contributed by atoms with Crippen LogP contribution in [0.25, 0.3) is 0 Å². The summed E-state index contributed by atoms with van der Waals surface area (Å²) in [6.45, 7) is 4.70. The Morgan fingerprint density at radius 2 is 1.91 bits per heavy atom. The van der Waals surface area contributed by atoms with Crippen LogP contribution in [0.4, 0.5) is 0 Å². The van der Waals surface area contributed by atoms with E-state index in [2.05, 4.69) is 42.5 Å². The fourth-order valence-corrected chi connectivity index (χ4v) is 7.65. The highest BCUT2D eigenvalue weighted by molar-refractivity contribution is 14.1. The first-order valence-corrected chi connectivity index (χ1v) is 10.2. The van der Waals surface area contributed by atoms with Gasteiger partial charge in [0.25, 0.3) is 0 Å². The second-order valence-electron chi connectivity index (χ2n) is 8.68. The van der Waals surface area contributed by atoms with Crippen molar-refractivity contribution in [3.05, 3.63) is 11.6 Å². The first kappa shape index (κ1) is 15.6. The average molecular weight is 414 g/mol. The van der Waals surface area contributed by atoms with Gasteiger partial charge >= 0.3 is 0 Å². The Morgan fingerprint density at radius 1 is 1.18 bits per heavy atom. The number of hydrogen-bond acceptors (Lipinski definition) is 2. The van der Waals surface area contributed by atoms with Gasteiger partial charge in [-0.2, -0.15) is 0 Å². The lowest BCUT2D eigenvalue weighted by molar-refractivity contribution is -0.131. The van der Waals surface area contributed by atoms with Crippen LogP contribution in [0.15, 0.2) is 11.6 Å². The van der Waals surface area contributed by atoms with Crippen LogP contribution in [0, 0.1) is 28.6 Å². The first-order chi connectivity index (χ1) is 10.4. The minimum absolute atomic E-state index is 0.0527. The largest absolute Gasteiger partial charge is 0.393 e. The Labute approximate surface area is 147 Å². The normalized spacial score (nSPS) is 54.3. The van der Waals surface area contributed by atoms with E-state index in [4.69, 9.17) is 0 Å². The molecule has 122 valence electrons. The topological polar surface area (TPSA) is 37.3 Å². The number of fused-ring (bicyclic) bond motifs is 5. The van der Waals surface area contributed by atoms with Crippen molar-refractivity contribution >= 4 is 28.4 Å². The smallest absolute Gasteiger partial charge is 0.151 e. The maximum absolute atomic E-state index is 12.7. The molecule has 3 fully saturated rings. The van der Waals surface area contributed by atoms with Crippen LogP contribution in [-0.4, -0.2) is 20.9 Å². The molecular weight excluding hydrogens is 387 g/mol. The quantitative estimate of drug-likeness (QED) is 0.365. The summed E-state index contributed by atoms with van der Waals surface area (Å²) in [5.41, 5.74) is 1.75. The van der Waals surface area contributed by atoms with Crippen LogP contribution in [0.2, 0.25) is 0 Å². The Bertz CT molecular complexity index is 542. The summed E-state index contributed by atoms with van der Waals surface area (Å²) in [4.78, 5) is 12.7. The summed E-state index contributed by atoms with van der Waals surface area (Å²) in [5.74, 6) is 2.52. The third kappa shape index (κ3) is 1.96. The Morgan fingerprint density at radius 3 is 2.68 bits per heavy atom. The SMILES string of the molecule is C[C@]12CC[C@H](O)CC1=CC[C@@H]1[C@@H]2CC[C@]2(C)C(=O)[C@H](I)C[C@@H]12. The molecule has 4 rings (SSSR count). The van der Waals surface area contributed by atoms with Crippen molar-refractivity contribution in [1.82, 2.24) is 0 Å². The van der Waals surface area contributed by atoms with Gasteiger partial charge < -0.3 is 5.11 Å². The van der Waals surface area contributed by atoms with E-state index in [0.29, 0.717) is 17.6 Å². The molecule has 7 atom stereocenters. The summed E-state index contributed by atoms with van der Waals surface area (Å²) >= 11 is 2.38. The van der Waals surface area contributed by atoms with Gasteiger partial charge in [-0.05, 0) is 68.1 Å². The molecule has 1 N–H and O–H groups in total. The minimum atomic E-state index is -0.128. The molecule has 22 heavy (non-hydrogen) atoms. The van der Waals surface area contributed by atoms with Gasteiger partial charge in [-0.25, -0.2) is 0 Å². The van der Waals surface area contributed by atoms with Crippen LogP contribution in [-0.2, 0) is 4.79 Å². The lowest BCUT2D eigenvalue weighted by Crippen LogP contribution is -2.50. The molecule has 0 radical (unpaired) electrons. The summed E-state index contributed by atoms with van der Waals surface area (Å²) < 4.78 is 0.234. The van der Waals surface area contributed by atoms with E-state index < -0.39 is 0 Å². The number of rotatable bonds is 0. The lowest BCUT2D eigenvalue weighted by atomic mass is 9.48. The van der Waals surface area contributed by atoms with E-state index in [1.165, 1.54) is 12.0 Å². The second-order valence-corrected chi connectivity index (χ2v) is 10.2. The number of hydrogen-bond donors (Lipinski definition) is 1. The monoisotopic (exact) mass is 414 g/mol. The zero-order chi connectivity index (χ0) is 15.7. The molecule has 0 spiro atoms. The predicted molar refractivity (Wildman–Crippen MR) is 95.9 cm³/mol. The van der Waals surface area contributed by atoms with Gasteiger partial charge in [0.2, 0.25) is 0 Å². The number of aliphatic hydroxyl groups excluding tert-OH is 1. The van der Waals surface area contributed by atoms with Crippen molar-refractivity contribution in [1.29, 1.82) is 0 Å². The van der Waals surface area contributed by atoms with Crippen molar-refractivity contribution in [3.63, 3.8) is 0 Å². The summed E-state index contributed by atoms with van der Waals surface area (Å²) in [6.07, 6.45) is 9.81. The molecule has 3 saturated carbocycles. The van der Waals surface area contributed by atoms with E-state index in [9.17, 15) is 9.90 Å². The lowest BCUT2D eigenvalue weighted by Gasteiger charge is -2.56. The van der Waals surface area contributed by atoms with Gasteiger partial charge in [0.1, 0.15) is 0 Å². The van der Waals surface area contributed by atoms with Crippen LogP contribution < -0.4 is 0 Å². The zero-order valence-electron chi connectivity index (χ0n) is 13.6. The van der Waals surface area contributed by atoms with Gasteiger partial charge in [-0.3, -0.25) is 4.79 Å². The molecule has 0 unspecified atom stereocenters. The molecule has 0 amide bonds. The molecule has 4 aliphatic rings. The van der Waals surface area contributed by atoms with Crippen molar-refractivity contribution in [2.75, 3.05) is 0 Å².